The molecule has 0 saturated heterocycles. The van der Waals surface area contributed by atoms with Gasteiger partial charge in [0.2, 0.25) is 0 Å². The summed E-state index contributed by atoms with van der Waals surface area (Å²) in [6.45, 7) is 7.38. The van der Waals surface area contributed by atoms with Gasteiger partial charge in [0.15, 0.2) is 18.9 Å². The number of phenols is 1. The van der Waals surface area contributed by atoms with Gasteiger partial charge in [-0.15, -0.1) is 0 Å². The van der Waals surface area contributed by atoms with E-state index in [1.165, 1.54) is 0 Å². The maximum absolute atomic E-state index is 10.3. The maximum atomic E-state index is 10.3. The third-order valence-corrected chi connectivity index (χ3v) is 4.41. The molecule has 7 heteroatoms. The van der Waals surface area contributed by atoms with Crippen LogP contribution >= 0.6 is 0 Å². The van der Waals surface area contributed by atoms with E-state index in [0.29, 0.717) is 39.1 Å². The Balaban J connectivity index is 3.29. The maximum Gasteiger partial charge on any atom is 0.161 e. The van der Waals surface area contributed by atoms with Crippen LogP contribution in [0, 0.1) is 0 Å². The minimum atomic E-state index is -0.406. The number of ether oxygens (including phenoxy) is 6. The van der Waals surface area contributed by atoms with Crippen LogP contribution in [0.3, 0.4) is 0 Å². The molecule has 0 aliphatic rings. The zero-order valence-electron chi connectivity index (χ0n) is 18.0. The summed E-state index contributed by atoms with van der Waals surface area (Å²) in [5.41, 5.74) is 2.86. The summed E-state index contributed by atoms with van der Waals surface area (Å²) < 4.78 is 33.3. The highest BCUT2D eigenvalue weighted by Gasteiger charge is 2.21. The van der Waals surface area contributed by atoms with E-state index in [2.05, 4.69) is 0 Å². The Morgan fingerprint density at radius 1 is 0.679 bits per heavy atom. The molecule has 1 rings (SSSR count). The Labute approximate surface area is 168 Å². The first-order chi connectivity index (χ1) is 13.5. The predicted molar refractivity (Wildman–Crippen MR) is 106 cm³/mol. The quantitative estimate of drug-likeness (QED) is 0.454. The van der Waals surface area contributed by atoms with Crippen LogP contribution in [-0.4, -0.2) is 65.1 Å². The second-order valence-corrected chi connectivity index (χ2v) is 6.22. The van der Waals surface area contributed by atoms with E-state index in [9.17, 15) is 5.11 Å². The lowest BCUT2D eigenvalue weighted by Crippen LogP contribution is -2.25. The summed E-state index contributed by atoms with van der Waals surface area (Å²) in [5, 5.41) is 10.3. The van der Waals surface area contributed by atoms with Gasteiger partial charge in [-0.2, -0.15) is 0 Å². The van der Waals surface area contributed by atoms with Crippen molar-refractivity contribution in [2.75, 3.05) is 41.2 Å². The third-order valence-electron chi connectivity index (χ3n) is 4.41. The number of aromatic hydroxyl groups is 1. The SMILES string of the molecule is CCOC(Cc1cc(O)cc(CC(OC)OCC)c1CC(OC)OCC)OC. The van der Waals surface area contributed by atoms with Gasteiger partial charge in [-0.05, 0) is 49.6 Å². The fraction of sp³-hybridized carbons (Fsp3) is 0.714. The fourth-order valence-corrected chi connectivity index (χ4v) is 3.12. The van der Waals surface area contributed by atoms with E-state index in [0.717, 1.165) is 16.7 Å². The topological polar surface area (TPSA) is 75.6 Å². The van der Waals surface area contributed by atoms with E-state index >= 15 is 0 Å². The number of phenolic OH excluding ortho intramolecular Hbond substituents is 1. The van der Waals surface area contributed by atoms with Crippen molar-refractivity contribution in [1.29, 1.82) is 0 Å². The zero-order chi connectivity index (χ0) is 20.9. The Bertz CT molecular complexity index is 513. The van der Waals surface area contributed by atoms with Crippen LogP contribution in [0.5, 0.6) is 5.75 Å². The molecule has 0 aliphatic heterocycles. The van der Waals surface area contributed by atoms with Gasteiger partial charge in [0.25, 0.3) is 0 Å². The summed E-state index contributed by atoms with van der Waals surface area (Å²) in [4.78, 5) is 0. The summed E-state index contributed by atoms with van der Waals surface area (Å²) in [5.74, 6) is 0.178. The summed E-state index contributed by atoms with van der Waals surface area (Å²) >= 11 is 0. The van der Waals surface area contributed by atoms with Crippen molar-refractivity contribution < 1.29 is 33.5 Å². The zero-order valence-corrected chi connectivity index (χ0v) is 18.0. The van der Waals surface area contributed by atoms with Crippen LogP contribution in [0.25, 0.3) is 0 Å². The average Bonchev–Trinajstić information content (AvgIpc) is 2.68. The van der Waals surface area contributed by atoms with Gasteiger partial charge in [0.1, 0.15) is 5.75 Å². The minimum absolute atomic E-state index is 0.178. The molecule has 0 aliphatic carbocycles. The van der Waals surface area contributed by atoms with Crippen molar-refractivity contribution in [2.24, 2.45) is 0 Å². The molecule has 0 fully saturated rings. The molecule has 28 heavy (non-hydrogen) atoms. The molecular formula is C21H36O7. The van der Waals surface area contributed by atoms with Gasteiger partial charge in [0.05, 0.1) is 0 Å². The molecule has 1 aromatic rings. The highest BCUT2D eigenvalue weighted by atomic mass is 16.7. The Morgan fingerprint density at radius 3 is 1.36 bits per heavy atom. The van der Waals surface area contributed by atoms with Crippen LogP contribution in [-0.2, 0) is 47.7 Å². The predicted octanol–water partition coefficient (Wildman–Crippen LogP) is 3.05. The number of benzene rings is 1. The van der Waals surface area contributed by atoms with Gasteiger partial charge >= 0.3 is 0 Å². The molecule has 0 spiro atoms. The van der Waals surface area contributed by atoms with Crippen molar-refractivity contribution in [2.45, 2.75) is 58.9 Å². The fourth-order valence-electron chi connectivity index (χ4n) is 3.12. The summed E-state index contributed by atoms with van der Waals surface area (Å²) in [6.07, 6.45) is 0.313. The molecule has 0 bridgehead atoms. The molecule has 1 N–H and O–H groups in total. The average molecular weight is 401 g/mol. The molecule has 3 unspecified atom stereocenters. The largest absolute Gasteiger partial charge is 0.508 e. The molecular weight excluding hydrogens is 364 g/mol. The van der Waals surface area contributed by atoms with E-state index in [1.54, 1.807) is 33.5 Å². The highest BCUT2D eigenvalue weighted by molar-refractivity contribution is 5.43. The molecule has 162 valence electrons. The van der Waals surface area contributed by atoms with Crippen molar-refractivity contribution in [3.8, 4) is 5.75 Å². The van der Waals surface area contributed by atoms with E-state index in [1.807, 2.05) is 20.8 Å². The lowest BCUT2D eigenvalue weighted by molar-refractivity contribution is -0.123. The normalized spacial score (nSPS) is 14.8. The smallest absolute Gasteiger partial charge is 0.161 e. The van der Waals surface area contributed by atoms with Crippen molar-refractivity contribution in [3.63, 3.8) is 0 Å². The van der Waals surface area contributed by atoms with Gasteiger partial charge in [-0.25, -0.2) is 0 Å². The standard InChI is InChI=1S/C21H36O7/c1-7-26-19(23-4)12-15-10-17(22)11-16(13-20(24-5)27-8-2)18(15)14-21(25-6)28-9-3/h10-11,19-22H,7-9,12-14H2,1-6H3. The molecule has 0 aromatic heterocycles. The number of hydrogen-bond acceptors (Lipinski definition) is 7. The van der Waals surface area contributed by atoms with Crippen molar-refractivity contribution in [3.05, 3.63) is 28.8 Å². The number of hydrogen-bond donors (Lipinski definition) is 1. The molecule has 0 saturated carbocycles. The second-order valence-electron chi connectivity index (χ2n) is 6.22. The first-order valence-corrected chi connectivity index (χ1v) is 9.79. The monoisotopic (exact) mass is 400 g/mol. The van der Waals surface area contributed by atoms with Crippen LogP contribution < -0.4 is 0 Å². The molecule has 0 amide bonds. The molecule has 7 nitrogen and oxygen atoms in total. The number of rotatable bonds is 15. The van der Waals surface area contributed by atoms with Crippen molar-refractivity contribution in [1.82, 2.24) is 0 Å². The molecule has 3 atom stereocenters. The summed E-state index contributed by atoms with van der Waals surface area (Å²) in [7, 11) is 4.84. The van der Waals surface area contributed by atoms with Crippen LogP contribution in [0.1, 0.15) is 37.5 Å². The van der Waals surface area contributed by atoms with E-state index in [4.69, 9.17) is 28.4 Å². The lowest BCUT2D eigenvalue weighted by Gasteiger charge is -2.24. The molecule has 0 radical (unpaired) electrons. The van der Waals surface area contributed by atoms with Gasteiger partial charge in [-0.3, -0.25) is 0 Å². The van der Waals surface area contributed by atoms with E-state index < -0.39 is 18.9 Å². The van der Waals surface area contributed by atoms with Gasteiger partial charge in [0, 0.05) is 60.4 Å². The van der Waals surface area contributed by atoms with Crippen molar-refractivity contribution >= 4 is 0 Å². The van der Waals surface area contributed by atoms with Crippen LogP contribution in [0.15, 0.2) is 12.1 Å². The Hall–Kier alpha value is -1.22. The minimum Gasteiger partial charge on any atom is -0.508 e. The van der Waals surface area contributed by atoms with Crippen LogP contribution in [0.2, 0.25) is 0 Å². The van der Waals surface area contributed by atoms with Gasteiger partial charge in [-0.1, -0.05) is 0 Å². The molecule has 0 heterocycles. The first-order valence-electron chi connectivity index (χ1n) is 9.79. The summed E-state index contributed by atoms with van der Waals surface area (Å²) in [6, 6.07) is 3.48. The van der Waals surface area contributed by atoms with Crippen LogP contribution in [0.4, 0.5) is 0 Å². The second kappa shape index (κ2) is 13.9. The van der Waals surface area contributed by atoms with Gasteiger partial charge < -0.3 is 33.5 Å². The number of methoxy groups -OCH3 is 3. The Kier molecular flexibility index (Phi) is 12.3. The Morgan fingerprint density at radius 2 is 1.04 bits per heavy atom. The highest BCUT2D eigenvalue weighted by Crippen LogP contribution is 2.27. The third kappa shape index (κ3) is 8.03. The molecule has 1 aromatic carbocycles. The lowest BCUT2D eigenvalue weighted by atomic mass is 9.93. The van der Waals surface area contributed by atoms with E-state index in [-0.39, 0.29) is 5.75 Å². The first kappa shape index (κ1) is 24.8.